The number of anilines is 1. The number of nitrogens with zero attached hydrogens (tertiary/aromatic N) is 1. The van der Waals surface area contributed by atoms with E-state index in [1.54, 1.807) is 38.6 Å². The van der Waals surface area contributed by atoms with Gasteiger partial charge in [0.05, 0.1) is 12.3 Å². The highest BCUT2D eigenvalue weighted by Crippen LogP contribution is 2.29. The van der Waals surface area contributed by atoms with Crippen LogP contribution in [-0.2, 0) is 9.53 Å². The number of aromatic nitrogens is 2. The van der Waals surface area contributed by atoms with Gasteiger partial charge in [-0.1, -0.05) is 5.92 Å². The van der Waals surface area contributed by atoms with E-state index < -0.39 is 5.91 Å². The Morgan fingerprint density at radius 2 is 2.27 bits per heavy atom. The molecule has 0 spiro atoms. The largest absolute Gasteiger partial charge is 0.489 e. The van der Waals surface area contributed by atoms with Crippen LogP contribution in [0.2, 0.25) is 0 Å². The Hall–Kier alpha value is -2.78. The number of rotatable bonds is 6. The van der Waals surface area contributed by atoms with Crippen LogP contribution in [0.25, 0.3) is 11.4 Å². The fourth-order valence-corrected chi connectivity index (χ4v) is 1.83. The second-order valence-electron chi connectivity index (χ2n) is 4.32. The molecule has 0 aliphatic rings. The summed E-state index contributed by atoms with van der Waals surface area (Å²) in [6, 6.07) is 5.43. The van der Waals surface area contributed by atoms with E-state index in [-0.39, 0.29) is 0 Å². The first-order valence-electron chi connectivity index (χ1n) is 6.74. The molecule has 0 saturated heterocycles. The summed E-state index contributed by atoms with van der Waals surface area (Å²) in [6.07, 6.45) is 3.40. The van der Waals surface area contributed by atoms with Gasteiger partial charge >= 0.3 is 0 Å². The molecule has 114 valence electrons. The maximum Gasteiger partial charge on any atom is 0.300 e. The van der Waals surface area contributed by atoms with Gasteiger partial charge in [0.25, 0.3) is 5.91 Å². The summed E-state index contributed by atoms with van der Waals surface area (Å²) in [5.74, 6) is 5.87. The van der Waals surface area contributed by atoms with E-state index in [2.05, 4.69) is 27.1 Å². The second-order valence-corrected chi connectivity index (χ2v) is 4.32. The standard InChI is InChI=1S/C16H17N3O3/c1-3-4-15(20)19-13-11-12(16-17-7-8-18-16)5-6-14(13)22-10-9-21-2/h5-8,11H,9-10H2,1-2H3,(H,17,18)(H,19,20). The van der Waals surface area contributed by atoms with Crippen LogP contribution in [-0.4, -0.2) is 36.2 Å². The molecule has 1 amide bonds. The number of methoxy groups -OCH3 is 1. The first-order chi connectivity index (χ1) is 10.7. The summed E-state index contributed by atoms with van der Waals surface area (Å²) in [7, 11) is 1.60. The number of aromatic amines is 1. The van der Waals surface area contributed by atoms with Crippen LogP contribution >= 0.6 is 0 Å². The molecule has 2 rings (SSSR count). The van der Waals surface area contributed by atoms with Crippen LogP contribution in [0.4, 0.5) is 5.69 Å². The van der Waals surface area contributed by atoms with Crippen LogP contribution in [0.1, 0.15) is 6.92 Å². The van der Waals surface area contributed by atoms with Crippen molar-refractivity contribution in [3.8, 4) is 29.0 Å². The number of H-pyrrole nitrogens is 1. The average Bonchev–Trinajstić information content (AvgIpc) is 3.03. The highest BCUT2D eigenvalue weighted by Gasteiger charge is 2.10. The fraction of sp³-hybridized carbons (Fsp3) is 0.250. The molecule has 0 bridgehead atoms. The normalized spacial score (nSPS) is 9.73. The van der Waals surface area contributed by atoms with E-state index in [1.165, 1.54) is 0 Å². The van der Waals surface area contributed by atoms with Crippen molar-refractivity contribution in [1.29, 1.82) is 0 Å². The zero-order valence-electron chi connectivity index (χ0n) is 12.5. The molecule has 22 heavy (non-hydrogen) atoms. The minimum atomic E-state index is -0.393. The summed E-state index contributed by atoms with van der Waals surface area (Å²) in [4.78, 5) is 18.9. The molecule has 0 aliphatic carbocycles. The van der Waals surface area contributed by atoms with Gasteiger partial charge in [-0.3, -0.25) is 4.79 Å². The first-order valence-corrected chi connectivity index (χ1v) is 6.74. The average molecular weight is 299 g/mol. The lowest BCUT2D eigenvalue weighted by Crippen LogP contribution is -2.11. The molecule has 6 nitrogen and oxygen atoms in total. The number of ether oxygens (including phenoxy) is 2. The molecule has 0 radical (unpaired) electrons. The zero-order valence-corrected chi connectivity index (χ0v) is 12.5. The molecule has 0 unspecified atom stereocenters. The van der Waals surface area contributed by atoms with Crippen molar-refractivity contribution >= 4 is 11.6 Å². The van der Waals surface area contributed by atoms with Crippen LogP contribution in [0.3, 0.4) is 0 Å². The van der Waals surface area contributed by atoms with Gasteiger partial charge in [-0.05, 0) is 31.0 Å². The maximum absolute atomic E-state index is 11.7. The third-order valence-electron chi connectivity index (χ3n) is 2.78. The molecular formula is C16H17N3O3. The Morgan fingerprint density at radius 3 is 2.95 bits per heavy atom. The monoisotopic (exact) mass is 299 g/mol. The van der Waals surface area contributed by atoms with E-state index in [0.717, 1.165) is 5.56 Å². The lowest BCUT2D eigenvalue weighted by molar-refractivity contribution is -0.111. The number of hydrogen-bond donors (Lipinski definition) is 2. The number of carbonyl (C=O) groups is 1. The van der Waals surface area contributed by atoms with Gasteiger partial charge in [0, 0.05) is 25.1 Å². The summed E-state index contributed by atoms with van der Waals surface area (Å²) in [5, 5.41) is 2.72. The fourth-order valence-electron chi connectivity index (χ4n) is 1.83. The first kappa shape index (κ1) is 15.6. The van der Waals surface area contributed by atoms with Crippen LogP contribution in [0.5, 0.6) is 5.75 Å². The Kier molecular flexibility index (Phi) is 5.57. The van der Waals surface area contributed by atoms with Gasteiger partial charge in [-0.25, -0.2) is 4.98 Å². The number of hydrogen-bond acceptors (Lipinski definition) is 4. The van der Waals surface area contributed by atoms with Crippen LogP contribution in [0.15, 0.2) is 30.6 Å². The summed E-state index contributed by atoms with van der Waals surface area (Å²) >= 11 is 0. The van der Waals surface area contributed by atoms with E-state index in [4.69, 9.17) is 9.47 Å². The Labute approximate surface area is 128 Å². The number of carbonyl (C=O) groups excluding carboxylic acids is 1. The summed E-state index contributed by atoms with van der Waals surface area (Å²) in [5.41, 5.74) is 1.38. The highest BCUT2D eigenvalue weighted by atomic mass is 16.5. The number of benzene rings is 1. The summed E-state index contributed by atoms with van der Waals surface area (Å²) < 4.78 is 10.6. The van der Waals surface area contributed by atoms with Crippen LogP contribution < -0.4 is 10.1 Å². The molecule has 0 saturated carbocycles. The molecule has 0 aliphatic heterocycles. The summed E-state index contributed by atoms with van der Waals surface area (Å²) in [6.45, 7) is 2.45. The Bertz CT molecular complexity index is 684. The molecular weight excluding hydrogens is 282 g/mol. The molecule has 6 heteroatoms. The minimum Gasteiger partial charge on any atom is -0.489 e. The molecule has 1 aromatic heterocycles. The maximum atomic E-state index is 11.7. The predicted octanol–water partition coefficient (Wildman–Crippen LogP) is 2.06. The number of imidazole rings is 1. The van der Waals surface area contributed by atoms with E-state index in [1.807, 2.05) is 6.07 Å². The molecule has 1 heterocycles. The molecule has 0 atom stereocenters. The Balaban J connectivity index is 2.27. The highest BCUT2D eigenvalue weighted by molar-refractivity contribution is 6.05. The molecule has 1 aromatic carbocycles. The SMILES string of the molecule is CC#CC(=O)Nc1cc(-c2ncc[nH]2)ccc1OCCOC. The van der Waals surface area contributed by atoms with Crippen molar-refractivity contribution < 1.29 is 14.3 Å². The van der Waals surface area contributed by atoms with Gasteiger partial charge < -0.3 is 19.8 Å². The van der Waals surface area contributed by atoms with E-state index >= 15 is 0 Å². The zero-order chi connectivity index (χ0) is 15.8. The van der Waals surface area contributed by atoms with Gasteiger partial charge in [-0.15, -0.1) is 0 Å². The van der Waals surface area contributed by atoms with Crippen molar-refractivity contribution in [2.24, 2.45) is 0 Å². The van der Waals surface area contributed by atoms with Crippen molar-refractivity contribution in [3.05, 3.63) is 30.6 Å². The second kappa shape index (κ2) is 7.86. The van der Waals surface area contributed by atoms with Crippen LogP contribution in [0, 0.1) is 11.8 Å². The molecule has 2 aromatic rings. The lowest BCUT2D eigenvalue weighted by Gasteiger charge is -2.12. The van der Waals surface area contributed by atoms with E-state index in [9.17, 15) is 4.79 Å². The third-order valence-corrected chi connectivity index (χ3v) is 2.78. The predicted molar refractivity (Wildman–Crippen MR) is 83.5 cm³/mol. The molecule has 0 fully saturated rings. The van der Waals surface area contributed by atoms with Gasteiger partial charge in [0.1, 0.15) is 18.2 Å². The van der Waals surface area contributed by atoms with Crippen molar-refractivity contribution in [2.45, 2.75) is 6.92 Å². The van der Waals surface area contributed by atoms with Gasteiger partial charge in [-0.2, -0.15) is 0 Å². The van der Waals surface area contributed by atoms with Crippen molar-refractivity contribution in [3.63, 3.8) is 0 Å². The lowest BCUT2D eigenvalue weighted by atomic mass is 10.1. The van der Waals surface area contributed by atoms with Crippen molar-refractivity contribution in [2.75, 3.05) is 25.6 Å². The van der Waals surface area contributed by atoms with Gasteiger partial charge in [0.2, 0.25) is 0 Å². The smallest absolute Gasteiger partial charge is 0.300 e. The van der Waals surface area contributed by atoms with E-state index in [0.29, 0.717) is 30.5 Å². The third kappa shape index (κ3) is 4.11. The quantitative estimate of drug-likeness (QED) is 0.632. The topological polar surface area (TPSA) is 76.2 Å². The van der Waals surface area contributed by atoms with Crippen molar-refractivity contribution in [1.82, 2.24) is 9.97 Å². The molecule has 2 N–H and O–H groups in total. The van der Waals surface area contributed by atoms with Gasteiger partial charge in [0.15, 0.2) is 0 Å². The number of nitrogens with one attached hydrogen (secondary N) is 2. The minimum absolute atomic E-state index is 0.388. The number of amides is 1. The Morgan fingerprint density at radius 1 is 1.41 bits per heavy atom.